The van der Waals surface area contributed by atoms with Crippen molar-refractivity contribution in [2.75, 3.05) is 25.0 Å². The molecule has 3 amide bonds. The number of nitrogens with one attached hydrogen (secondary N) is 2. The van der Waals surface area contributed by atoms with Crippen LogP contribution in [0.3, 0.4) is 0 Å². The molecule has 1 heterocycles. The minimum Gasteiger partial charge on any atom is -0.484 e. The maximum Gasteiger partial charge on any atom is 0.422 e. The van der Waals surface area contributed by atoms with Crippen LogP contribution in [0.25, 0.3) is 0 Å². The highest BCUT2D eigenvalue weighted by Gasteiger charge is 2.30. The third-order valence-corrected chi connectivity index (χ3v) is 3.13. The maximum atomic E-state index is 12.1. The van der Waals surface area contributed by atoms with Crippen molar-refractivity contribution >= 4 is 17.6 Å². The molecule has 1 atom stereocenters. The number of rotatable bonds is 5. The number of anilines is 1. The van der Waals surface area contributed by atoms with Crippen LogP contribution in [-0.4, -0.2) is 48.8 Å². The number of carbonyl (C=O) groups excluding carboxylic acids is 2. The van der Waals surface area contributed by atoms with E-state index in [1.54, 1.807) is 6.92 Å². The highest BCUT2D eigenvalue weighted by molar-refractivity contribution is 5.99. The smallest absolute Gasteiger partial charge is 0.422 e. The predicted octanol–water partition coefficient (Wildman–Crippen LogP) is 1.98. The molecule has 23 heavy (non-hydrogen) atoms. The molecule has 0 aromatic heterocycles. The summed E-state index contributed by atoms with van der Waals surface area (Å²) in [5.41, 5.74) is 0.532. The number of carbonyl (C=O) groups is 2. The van der Waals surface area contributed by atoms with Gasteiger partial charge >= 0.3 is 12.2 Å². The Morgan fingerprint density at radius 1 is 1.39 bits per heavy atom. The summed E-state index contributed by atoms with van der Waals surface area (Å²) in [5, 5.41) is 5.42. The molecule has 1 aliphatic heterocycles. The fourth-order valence-corrected chi connectivity index (χ4v) is 2.04. The van der Waals surface area contributed by atoms with Crippen molar-refractivity contribution in [1.82, 2.24) is 10.2 Å². The molecule has 126 valence electrons. The maximum absolute atomic E-state index is 12.1. The molecule has 1 saturated heterocycles. The van der Waals surface area contributed by atoms with E-state index >= 15 is 0 Å². The molecular weight excluding hydrogens is 315 g/mol. The molecule has 2 N–H and O–H groups in total. The van der Waals surface area contributed by atoms with Gasteiger partial charge in [-0.3, -0.25) is 9.69 Å². The van der Waals surface area contributed by atoms with Crippen molar-refractivity contribution in [3.8, 4) is 5.75 Å². The summed E-state index contributed by atoms with van der Waals surface area (Å²) in [6.07, 6.45) is -4.39. The lowest BCUT2D eigenvalue weighted by atomic mass is 10.2. The largest absolute Gasteiger partial charge is 0.484 e. The first-order valence-corrected chi connectivity index (χ1v) is 6.91. The highest BCUT2D eigenvalue weighted by Crippen LogP contribution is 2.20. The van der Waals surface area contributed by atoms with Gasteiger partial charge in [-0.2, -0.15) is 13.2 Å². The van der Waals surface area contributed by atoms with Gasteiger partial charge in [-0.25, -0.2) is 4.79 Å². The fraction of sp³-hybridized carbons (Fsp3) is 0.429. The third kappa shape index (κ3) is 4.76. The standard InChI is InChI=1S/C14H16F3N3O3/c1-9(12(21)20-7-6-18-13(20)22)19-10-2-4-11(5-3-10)23-8-14(15,16)17/h2-5,9,19H,6-8H2,1H3,(H,18,22). The lowest BCUT2D eigenvalue weighted by Gasteiger charge is -2.20. The van der Waals surface area contributed by atoms with Gasteiger partial charge in [-0.15, -0.1) is 0 Å². The minimum absolute atomic E-state index is 0.0748. The third-order valence-electron chi connectivity index (χ3n) is 3.13. The van der Waals surface area contributed by atoms with Crippen LogP contribution < -0.4 is 15.4 Å². The van der Waals surface area contributed by atoms with Crippen molar-refractivity contribution in [2.24, 2.45) is 0 Å². The Morgan fingerprint density at radius 3 is 2.57 bits per heavy atom. The van der Waals surface area contributed by atoms with Crippen LogP contribution in [0.4, 0.5) is 23.7 Å². The topological polar surface area (TPSA) is 70.7 Å². The molecule has 9 heteroatoms. The molecule has 1 aromatic rings. The van der Waals surface area contributed by atoms with Crippen molar-refractivity contribution < 1.29 is 27.5 Å². The van der Waals surface area contributed by atoms with Gasteiger partial charge in [-0.05, 0) is 31.2 Å². The van der Waals surface area contributed by atoms with Crippen LogP contribution >= 0.6 is 0 Å². The SMILES string of the molecule is CC(Nc1ccc(OCC(F)(F)F)cc1)C(=O)N1CCNC1=O. The molecule has 1 fully saturated rings. The second kappa shape index (κ2) is 6.76. The van der Waals surface area contributed by atoms with Crippen molar-refractivity contribution in [3.05, 3.63) is 24.3 Å². The molecule has 0 saturated carbocycles. The van der Waals surface area contributed by atoms with Crippen molar-refractivity contribution in [2.45, 2.75) is 19.1 Å². The van der Waals surface area contributed by atoms with Crippen molar-refractivity contribution in [1.29, 1.82) is 0 Å². The van der Waals surface area contributed by atoms with Crippen LogP contribution in [-0.2, 0) is 4.79 Å². The number of hydrogen-bond acceptors (Lipinski definition) is 4. The van der Waals surface area contributed by atoms with Crippen LogP contribution in [0.15, 0.2) is 24.3 Å². The number of nitrogens with zero attached hydrogens (tertiary/aromatic N) is 1. The molecule has 6 nitrogen and oxygen atoms in total. The molecule has 0 radical (unpaired) electrons. The number of amides is 3. The van der Waals surface area contributed by atoms with E-state index in [4.69, 9.17) is 0 Å². The number of imide groups is 1. The van der Waals surface area contributed by atoms with Gasteiger partial charge in [0.25, 0.3) is 5.91 Å². The lowest BCUT2D eigenvalue weighted by molar-refractivity contribution is -0.153. The fourth-order valence-electron chi connectivity index (χ4n) is 2.04. The first-order valence-electron chi connectivity index (χ1n) is 6.91. The first-order chi connectivity index (χ1) is 10.8. The number of urea groups is 1. The number of hydrogen-bond donors (Lipinski definition) is 2. The van der Waals surface area contributed by atoms with Gasteiger partial charge in [0.2, 0.25) is 0 Å². The van der Waals surface area contributed by atoms with E-state index in [2.05, 4.69) is 15.4 Å². The summed E-state index contributed by atoms with van der Waals surface area (Å²) in [7, 11) is 0. The molecule has 0 aliphatic carbocycles. The zero-order valence-corrected chi connectivity index (χ0v) is 12.3. The summed E-state index contributed by atoms with van der Waals surface area (Å²) in [5.74, 6) is -0.303. The molecular formula is C14H16F3N3O3. The van der Waals surface area contributed by atoms with E-state index in [0.717, 1.165) is 4.90 Å². The average molecular weight is 331 g/mol. The average Bonchev–Trinajstić information content (AvgIpc) is 2.91. The summed E-state index contributed by atoms with van der Waals surface area (Å²) in [4.78, 5) is 24.6. The summed E-state index contributed by atoms with van der Waals surface area (Å²) in [6, 6.07) is 4.65. The van der Waals surface area contributed by atoms with Crippen LogP contribution in [0.5, 0.6) is 5.75 Å². The van der Waals surface area contributed by atoms with Crippen LogP contribution in [0.2, 0.25) is 0 Å². The highest BCUT2D eigenvalue weighted by atomic mass is 19.4. The summed E-state index contributed by atoms with van der Waals surface area (Å²) in [6.45, 7) is 0.969. The number of halogens is 3. The Labute approximate surface area is 130 Å². The molecule has 2 rings (SSSR count). The van der Waals surface area contributed by atoms with E-state index in [1.165, 1.54) is 24.3 Å². The quantitative estimate of drug-likeness (QED) is 0.865. The van der Waals surface area contributed by atoms with Gasteiger partial charge in [0.1, 0.15) is 11.8 Å². The molecule has 0 bridgehead atoms. The van der Waals surface area contributed by atoms with Gasteiger partial charge in [0.15, 0.2) is 6.61 Å². The second-order valence-corrected chi connectivity index (χ2v) is 5.02. The minimum atomic E-state index is -4.39. The lowest BCUT2D eigenvalue weighted by Crippen LogP contribution is -2.43. The van der Waals surface area contributed by atoms with Gasteiger partial charge in [0.05, 0.1) is 0 Å². The van der Waals surface area contributed by atoms with Crippen molar-refractivity contribution in [3.63, 3.8) is 0 Å². The van der Waals surface area contributed by atoms with Crippen LogP contribution in [0, 0.1) is 0 Å². The summed E-state index contributed by atoms with van der Waals surface area (Å²) >= 11 is 0. The number of ether oxygens (including phenoxy) is 1. The zero-order chi connectivity index (χ0) is 17.0. The first kappa shape index (κ1) is 16.9. The van der Waals surface area contributed by atoms with E-state index in [9.17, 15) is 22.8 Å². The molecule has 1 unspecified atom stereocenters. The monoisotopic (exact) mass is 331 g/mol. The Kier molecular flexibility index (Phi) is 4.97. The van der Waals surface area contributed by atoms with E-state index in [0.29, 0.717) is 18.8 Å². The van der Waals surface area contributed by atoms with E-state index in [1.807, 2.05) is 0 Å². The second-order valence-electron chi connectivity index (χ2n) is 5.02. The Bertz CT molecular complexity index is 575. The molecule has 1 aliphatic rings. The Morgan fingerprint density at radius 2 is 2.04 bits per heavy atom. The zero-order valence-electron chi connectivity index (χ0n) is 12.3. The number of benzene rings is 1. The van der Waals surface area contributed by atoms with E-state index in [-0.39, 0.29) is 11.7 Å². The Hall–Kier alpha value is -2.45. The normalized spacial score (nSPS) is 16.0. The van der Waals surface area contributed by atoms with E-state index < -0.39 is 24.9 Å². The molecule has 0 spiro atoms. The molecule has 1 aromatic carbocycles. The van der Waals surface area contributed by atoms with Gasteiger partial charge in [0, 0.05) is 18.8 Å². The summed E-state index contributed by atoms with van der Waals surface area (Å²) < 4.78 is 40.7. The Balaban J connectivity index is 1.90. The van der Waals surface area contributed by atoms with Crippen LogP contribution in [0.1, 0.15) is 6.92 Å². The number of alkyl halides is 3. The predicted molar refractivity (Wildman–Crippen MR) is 76.2 cm³/mol. The van der Waals surface area contributed by atoms with Gasteiger partial charge < -0.3 is 15.4 Å². The van der Waals surface area contributed by atoms with Gasteiger partial charge in [-0.1, -0.05) is 0 Å².